The maximum absolute atomic E-state index is 12.7. The summed E-state index contributed by atoms with van der Waals surface area (Å²) in [5.41, 5.74) is 0.802. The summed E-state index contributed by atoms with van der Waals surface area (Å²) < 4.78 is 25.9. The molecule has 0 atom stereocenters. The van der Waals surface area contributed by atoms with Gasteiger partial charge in [0, 0.05) is 11.7 Å². The van der Waals surface area contributed by atoms with E-state index >= 15 is 0 Å². The van der Waals surface area contributed by atoms with Crippen molar-refractivity contribution < 1.29 is 13.2 Å². The van der Waals surface area contributed by atoms with Gasteiger partial charge in [-0.05, 0) is 33.6 Å². The van der Waals surface area contributed by atoms with Crippen LogP contribution in [0.2, 0.25) is 0 Å². The lowest BCUT2D eigenvalue weighted by Gasteiger charge is -2.32. The second-order valence-corrected chi connectivity index (χ2v) is 6.70. The van der Waals surface area contributed by atoms with Crippen LogP contribution >= 0.6 is 12.3 Å². The third-order valence-corrected chi connectivity index (χ3v) is 4.20. The maximum atomic E-state index is 12.7. The maximum Gasteiger partial charge on any atom is 0.498 e. The molecule has 0 unspecified atom stereocenters. The van der Waals surface area contributed by atoms with Crippen LogP contribution in [0.4, 0.5) is 3.89 Å². The number of hydrogen-bond donors (Lipinski definition) is 0. The molecule has 0 spiro atoms. The first-order valence-corrected chi connectivity index (χ1v) is 7.09. The van der Waals surface area contributed by atoms with Crippen molar-refractivity contribution in [1.82, 2.24) is 9.19 Å². The molecule has 1 aliphatic heterocycles. The average Bonchev–Trinajstić information content (AvgIpc) is 2.78. The Labute approximate surface area is 118 Å². The van der Waals surface area contributed by atoms with Gasteiger partial charge in [0.25, 0.3) is 0 Å². The van der Waals surface area contributed by atoms with Gasteiger partial charge in [0.05, 0.1) is 16.9 Å². The molecular weight excluding hydrogens is 266 g/mol. The molecule has 7 heteroatoms. The fourth-order valence-electron chi connectivity index (χ4n) is 2.01. The Morgan fingerprint density at radius 1 is 1.26 bits per heavy atom. The van der Waals surface area contributed by atoms with E-state index in [4.69, 9.17) is 9.31 Å². The molecule has 0 radical (unpaired) electrons. The van der Waals surface area contributed by atoms with Crippen molar-refractivity contribution in [2.45, 2.75) is 58.7 Å². The summed E-state index contributed by atoms with van der Waals surface area (Å²) in [6, 6.07) is 0. The van der Waals surface area contributed by atoms with Gasteiger partial charge in [0.15, 0.2) is 12.3 Å². The van der Waals surface area contributed by atoms with Crippen LogP contribution in [-0.4, -0.2) is 27.5 Å². The predicted octanol–water partition coefficient (Wildman–Crippen LogP) is 2.69. The minimum atomic E-state index is -0.497. The van der Waals surface area contributed by atoms with Crippen molar-refractivity contribution in [3.05, 3.63) is 11.9 Å². The predicted molar refractivity (Wildman–Crippen MR) is 76.1 cm³/mol. The van der Waals surface area contributed by atoms with Crippen molar-refractivity contribution in [3.8, 4) is 0 Å². The second kappa shape index (κ2) is 4.79. The summed E-state index contributed by atoms with van der Waals surface area (Å²) in [5, 5.41) is 4.21. The van der Waals surface area contributed by atoms with E-state index in [9.17, 15) is 3.89 Å². The van der Waals surface area contributed by atoms with E-state index in [2.05, 4.69) is 5.10 Å². The van der Waals surface area contributed by atoms with Gasteiger partial charge in [0.1, 0.15) is 0 Å². The lowest BCUT2D eigenvalue weighted by Crippen LogP contribution is -2.41. The molecule has 1 aromatic rings. The van der Waals surface area contributed by atoms with E-state index in [1.54, 1.807) is 6.20 Å². The summed E-state index contributed by atoms with van der Waals surface area (Å²) in [7, 11) is -0.497. The van der Waals surface area contributed by atoms with Crippen LogP contribution in [0.15, 0.2) is 6.20 Å². The molecule has 0 aliphatic carbocycles. The minimum Gasteiger partial charge on any atom is -0.399 e. The quantitative estimate of drug-likeness (QED) is 0.800. The summed E-state index contributed by atoms with van der Waals surface area (Å²) in [6.07, 6.45) is 1.64. The summed E-state index contributed by atoms with van der Waals surface area (Å²) in [5.74, 6) is 0.183. The van der Waals surface area contributed by atoms with Gasteiger partial charge in [-0.15, -0.1) is 3.89 Å². The molecule has 1 fully saturated rings. The van der Waals surface area contributed by atoms with Gasteiger partial charge in [-0.2, -0.15) is 9.19 Å². The zero-order valence-corrected chi connectivity index (χ0v) is 13.0. The molecule has 0 bridgehead atoms. The number of rotatable bonds is 3. The lowest BCUT2D eigenvalue weighted by atomic mass is 9.77. The van der Waals surface area contributed by atoms with E-state index < -0.39 is 18.3 Å². The fourth-order valence-corrected chi connectivity index (χ4v) is 2.29. The number of hydrogen-bond acceptors (Lipinski definition) is 4. The Morgan fingerprint density at radius 2 is 1.79 bits per heavy atom. The van der Waals surface area contributed by atoms with E-state index in [0.717, 1.165) is 11.2 Å². The molecule has 19 heavy (non-hydrogen) atoms. The molecule has 2 rings (SSSR count). The van der Waals surface area contributed by atoms with Crippen molar-refractivity contribution in [2.24, 2.45) is 0 Å². The van der Waals surface area contributed by atoms with Gasteiger partial charge in [-0.3, -0.25) is 0 Å². The SMILES string of the molecule is CC(C)c1nn(SF)cc1B1OC(C)(C)C(C)(C)O1. The largest absolute Gasteiger partial charge is 0.498 e. The molecular formula is C12H20BFN2O2S. The highest BCUT2D eigenvalue weighted by Crippen LogP contribution is 2.37. The minimum absolute atomic E-state index is 0.0742. The topological polar surface area (TPSA) is 36.3 Å². The Hall–Kier alpha value is -0.525. The summed E-state index contributed by atoms with van der Waals surface area (Å²) in [6.45, 7) is 12.0. The third kappa shape index (κ3) is 2.55. The van der Waals surface area contributed by atoms with Crippen molar-refractivity contribution in [3.63, 3.8) is 0 Å². The molecule has 0 saturated carbocycles. The zero-order chi connectivity index (χ0) is 14.4. The second-order valence-electron chi connectivity index (χ2n) is 6.18. The Kier molecular flexibility index (Phi) is 3.75. The van der Waals surface area contributed by atoms with Crippen molar-refractivity contribution >= 4 is 24.9 Å². The van der Waals surface area contributed by atoms with Crippen LogP contribution in [0.1, 0.15) is 53.2 Å². The zero-order valence-electron chi connectivity index (χ0n) is 12.2. The van der Waals surface area contributed by atoms with Crippen LogP contribution in [0, 0.1) is 0 Å². The highest BCUT2D eigenvalue weighted by atomic mass is 32.2. The monoisotopic (exact) mass is 286 g/mol. The molecule has 1 saturated heterocycles. The normalized spacial score (nSPS) is 21.4. The Balaban J connectivity index is 2.36. The smallest absolute Gasteiger partial charge is 0.399 e. The van der Waals surface area contributed by atoms with E-state index in [1.807, 2.05) is 41.5 Å². The molecule has 0 amide bonds. The first kappa shape index (κ1) is 14.9. The van der Waals surface area contributed by atoms with E-state index in [-0.39, 0.29) is 18.3 Å². The fraction of sp³-hybridized carbons (Fsp3) is 0.750. The number of aromatic nitrogens is 2. The van der Waals surface area contributed by atoms with Crippen molar-refractivity contribution in [1.29, 1.82) is 0 Å². The van der Waals surface area contributed by atoms with Gasteiger partial charge < -0.3 is 9.31 Å². The molecule has 1 aliphatic rings. The van der Waals surface area contributed by atoms with E-state index in [0.29, 0.717) is 0 Å². The van der Waals surface area contributed by atoms with Crippen LogP contribution < -0.4 is 5.46 Å². The summed E-state index contributed by atoms with van der Waals surface area (Å²) >= 11 is 0.0742. The number of halogens is 1. The molecule has 0 aromatic carbocycles. The van der Waals surface area contributed by atoms with Crippen LogP contribution in [-0.2, 0) is 9.31 Å². The van der Waals surface area contributed by atoms with Crippen molar-refractivity contribution in [2.75, 3.05) is 0 Å². The average molecular weight is 286 g/mol. The standard InChI is InChI=1S/C12H20BFN2O2S/c1-8(2)10-9(7-16(15-10)19-14)13-17-11(3,4)12(5,6)18-13/h7-8H,1-6H3. The first-order chi connectivity index (χ1) is 8.68. The van der Waals surface area contributed by atoms with Gasteiger partial charge in [-0.1, -0.05) is 13.8 Å². The van der Waals surface area contributed by atoms with E-state index in [1.165, 1.54) is 4.09 Å². The molecule has 1 aromatic heterocycles. The van der Waals surface area contributed by atoms with Gasteiger partial charge in [0.2, 0.25) is 0 Å². The Bertz CT molecular complexity index is 460. The highest BCUT2D eigenvalue weighted by Gasteiger charge is 2.52. The first-order valence-electron chi connectivity index (χ1n) is 6.42. The molecule has 2 heterocycles. The van der Waals surface area contributed by atoms with Crippen LogP contribution in [0.3, 0.4) is 0 Å². The van der Waals surface area contributed by atoms with Crippen LogP contribution in [0.5, 0.6) is 0 Å². The Morgan fingerprint density at radius 3 is 2.21 bits per heavy atom. The van der Waals surface area contributed by atoms with Crippen LogP contribution in [0.25, 0.3) is 0 Å². The molecule has 0 N–H and O–H groups in total. The lowest BCUT2D eigenvalue weighted by molar-refractivity contribution is 0.00578. The highest BCUT2D eigenvalue weighted by molar-refractivity contribution is 7.92. The van der Waals surface area contributed by atoms with Gasteiger partial charge in [-0.25, -0.2) is 0 Å². The van der Waals surface area contributed by atoms with Gasteiger partial charge >= 0.3 is 7.12 Å². The molecule has 4 nitrogen and oxygen atoms in total. The molecule has 106 valence electrons. The third-order valence-electron chi connectivity index (χ3n) is 3.88. The summed E-state index contributed by atoms with van der Waals surface area (Å²) in [4.78, 5) is 0. The number of nitrogens with zero attached hydrogens (tertiary/aromatic N) is 2.